The van der Waals surface area contributed by atoms with E-state index >= 15 is 0 Å². The Kier molecular flexibility index (Phi) is 13.9. The normalized spacial score (nSPS) is 14.0. The lowest BCUT2D eigenvalue weighted by Gasteiger charge is -2.26. The molecule has 0 aliphatic heterocycles. The lowest BCUT2D eigenvalue weighted by molar-refractivity contribution is -0.153. The average Bonchev–Trinajstić information content (AvgIpc) is 2.98. The molecule has 0 amide bonds. The van der Waals surface area contributed by atoms with Crippen molar-refractivity contribution in [2.24, 2.45) is 0 Å². The highest BCUT2D eigenvalue weighted by Crippen LogP contribution is 2.20. The van der Waals surface area contributed by atoms with Crippen LogP contribution in [0.25, 0.3) is 0 Å². The zero-order valence-corrected chi connectivity index (χ0v) is 23.5. The van der Waals surface area contributed by atoms with Crippen LogP contribution in [-0.2, 0) is 43.6 Å². The van der Waals surface area contributed by atoms with E-state index in [1.807, 2.05) is 91.9 Å². The van der Waals surface area contributed by atoms with Crippen LogP contribution in [0.15, 0.2) is 116 Å². The van der Waals surface area contributed by atoms with Gasteiger partial charge in [0.2, 0.25) is 0 Å². The molecule has 40 heavy (non-hydrogen) atoms. The Hall–Kier alpha value is -3.51. The van der Waals surface area contributed by atoms with Gasteiger partial charge in [-0.3, -0.25) is 4.79 Å². The minimum atomic E-state index is -0.423. The van der Waals surface area contributed by atoms with Gasteiger partial charge < -0.3 is 18.9 Å². The number of carbonyl (C=O) groups is 1. The molecule has 0 aromatic heterocycles. The van der Waals surface area contributed by atoms with Crippen LogP contribution in [0.5, 0.6) is 0 Å². The largest absolute Gasteiger partial charge is 0.462 e. The third kappa shape index (κ3) is 12.1. The molecule has 3 aromatic carbocycles. The Balaban J connectivity index is 1.55. The van der Waals surface area contributed by atoms with E-state index in [1.54, 1.807) is 6.08 Å². The number of carbonyl (C=O) groups excluding carboxylic acids is 1. The average molecular weight is 543 g/mol. The molecule has 0 aliphatic rings. The van der Waals surface area contributed by atoms with Gasteiger partial charge in [0.1, 0.15) is 6.10 Å². The first kappa shape index (κ1) is 31.0. The lowest BCUT2D eigenvalue weighted by Crippen LogP contribution is -2.29. The number of benzene rings is 3. The molecule has 0 saturated carbocycles. The highest BCUT2D eigenvalue weighted by atomic mass is 16.6. The number of ether oxygens (including phenoxy) is 4. The van der Waals surface area contributed by atoms with Crippen molar-refractivity contribution >= 4 is 5.97 Å². The van der Waals surface area contributed by atoms with Gasteiger partial charge in [0.05, 0.1) is 44.6 Å². The molecule has 4 atom stereocenters. The van der Waals surface area contributed by atoms with Crippen molar-refractivity contribution in [3.63, 3.8) is 0 Å². The maximum Gasteiger partial charge on any atom is 0.309 e. The molecule has 0 saturated heterocycles. The summed E-state index contributed by atoms with van der Waals surface area (Å²) in [4.78, 5) is 12.8. The molecule has 0 heterocycles. The van der Waals surface area contributed by atoms with Gasteiger partial charge in [0.15, 0.2) is 0 Å². The molecule has 5 nitrogen and oxygen atoms in total. The first-order valence-electron chi connectivity index (χ1n) is 13.9. The molecule has 0 fully saturated rings. The maximum atomic E-state index is 12.8. The van der Waals surface area contributed by atoms with Crippen LogP contribution in [-0.4, -0.2) is 30.4 Å². The van der Waals surface area contributed by atoms with Crippen molar-refractivity contribution in [2.45, 2.75) is 76.8 Å². The molecule has 5 heteroatoms. The third-order valence-corrected chi connectivity index (χ3v) is 6.48. The summed E-state index contributed by atoms with van der Waals surface area (Å²) in [6.07, 6.45) is 4.52. The molecular formula is C35H42O5. The Morgan fingerprint density at radius 3 is 1.65 bits per heavy atom. The van der Waals surface area contributed by atoms with E-state index in [0.717, 1.165) is 16.7 Å². The molecular weight excluding hydrogens is 500 g/mol. The predicted molar refractivity (Wildman–Crippen MR) is 159 cm³/mol. The van der Waals surface area contributed by atoms with Crippen molar-refractivity contribution in [2.75, 3.05) is 0 Å². The van der Waals surface area contributed by atoms with Crippen LogP contribution >= 0.6 is 0 Å². The van der Waals surface area contributed by atoms with E-state index in [1.165, 1.54) is 0 Å². The zero-order valence-electron chi connectivity index (χ0n) is 23.5. The molecule has 0 unspecified atom stereocenters. The monoisotopic (exact) mass is 542 g/mol. The number of esters is 1. The van der Waals surface area contributed by atoms with E-state index in [9.17, 15) is 4.79 Å². The van der Waals surface area contributed by atoms with E-state index in [4.69, 9.17) is 18.9 Å². The summed E-state index contributed by atoms with van der Waals surface area (Å²) in [7, 11) is 0. The first-order chi connectivity index (χ1) is 19.6. The third-order valence-electron chi connectivity index (χ3n) is 6.48. The summed E-state index contributed by atoms with van der Waals surface area (Å²) < 4.78 is 24.3. The van der Waals surface area contributed by atoms with Gasteiger partial charge in [0.25, 0.3) is 0 Å². The zero-order chi connectivity index (χ0) is 28.4. The molecule has 0 aliphatic carbocycles. The number of hydrogen-bond acceptors (Lipinski definition) is 5. The van der Waals surface area contributed by atoms with Crippen LogP contribution in [0.1, 0.15) is 49.3 Å². The summed E-state index contributed by atoms with van der Waals surface area (Å²) in [5, 5.41) is 0. The molecule has 3 aromatic rings. The SMILES string of the molecule is C=CC[C@@H](C[C@@H](C[C@@H](C)OC(=O)C[C@@H](C=C)OCc1ccccc1)OCc1ccccc1)OCc1ccccc1. The smallest absolute Gasteiger partial charge is 0.309 e. The van der Waals surface area contributed by atoms with Gasteiger partial charge in [-0.25, -0.2) is 0 Å². The van der Waals surface area contributed by atoms with Gasteiger partial charge >= 0.3 is 5.97 Å². The quantitative estimate of drug-likeness (QED) is 0.115. The van der Waals surface area contributed by atoms with E-state index in [-0.39, 0.29) is 30.7 Å². The maximum absolute atomic E-state index is 12.8. The van der Waals surface area contributed by atoms with Gasteiger partial charge in [-0.1, -0.05) is 103 Å². The molecule has 3 rings (SSSR count). The summed E-state index contributed by atoms with van der Waals surface area (Å²) in [6, 6.07) is 30.0. The van der Waals surface area contributed by atoms with Crippen LogP contribution in [0, 0.1) is 0 Å². The molecule has 0 N–H and O–H groups in total. The van der Waals surface area contributed by atoms with Gasteiger partial charge in [-0.15, -0.1) is 13.2 Å². The molecule has 212 valence electrons. The van der Waals surface area contributed by atoms with Crippen LogP contribution in [0.3, 0.4) is 0 Å². The van der Waals surface area contributed by atoms with Crippen LogP contribution in [0.4, 0.5) is 0 Å². The topological polar surface area (TPSA) is 54.0 Å². The van der Waals surface area contributed by atoms with Crippen molar-refractivity contribution < 1.29 is 23.7 Å². The molecule has 0 bridgehead atoms. The van der Waals surface area contributed by atoms with E-state index in [0.29, 0.717) is 39.1 Å². The van der Waals surface area contributed by atoms with Crippen molar-refractivity contribution in [1.82, 2.24) is 0 Å². The summed E-state index contributed by atoms with van der Waals surface area (Å²) in [5.41, 5.74) is 3.25. The number of rotatable bonds is 19. The van der Waals surface area contributed by atoms with Gasteiger partial charge in [-0.05, 0) is 30.0 Å². The van der Waals surface area contributed by atoms with Gasteiger partial charge in [0, 0.05) is 12.8 Å². The summed E-state index contributed by atoms with van der Waals surface area (Å²) in [5.74, 6) is -0.324. The van der Waals surface area contributed by atoms with E-state index in [2.05, 4.69) is 25.3 Å². The minimum Gasteiger partial charge on any atom is -0.462 e. The van der Waals surface area contributed by atoms with Crippen LogP contribution < -0.4 is 0 Å². The second-order valence-corrected chi connectivity index (χ2v) is 9.91. The van der Waals surface area contributed by atoms with E-state index < -0.39 is 6.10 Å². The fourth-order valence-corrected chi connectivity index (χ4v) is 4.36. The number of hydrogen-bond donors (Lipinski definition) is 0. The summed E-state index contributed by atoms with van der Waals surface area (Å²) in [6.45, 7) is 11.0. The Morgan fingerprint density at radius 2 is 1.18 bits per heavy atom. The minimum absolute atomic E-state index is 0.0714. The van der Waals surface area contributed by atoms with Crippen molar-refractivity contribution in [3.8, 4) is 0 Å². The second-order valence-electron chi connectivity index (χ2n) is 9.91. The Morgan fingerprint density at radius 1 is 0.700 bits per heavy atom. The Bertz CT molecular complexity index is 1120. The highest BCUT2D eigenvalue weighted by Gasteiger charge is 2.23. The molecule has 0 radical (unpaired) electrons. The van der Waals surface area contributed by atoms with Crippen molar-refractivity contribution in [3.05, 3.63) is 133 Å². The van der Waals surface area contributed by atoms with Crippen LogP contribution in [0.2, 0.25) is 0 Å². The molecule has 0 spiro atoms. The fraction of sp³-hybridized carbons (Fsp3) is 0.343. The summed E-state index contributed by atoms with van der Waals surface area (Å²) >= 11 is 0. The Labute approximate surface area is 239 Å². The first-order valence-corrected chi connectivity index (χ1v) is 13.9. The van der Waals surface area contributed by atoms with Crippen molar-refractivity contribution in [1.29, 1.82) is 0 Å². The second kappa shape index (κ2) is 18.0. The highest BCUT2D eigenvalue weighted by molar-refractivity contribution is 5.70. The predicted octanol–water partition coefficient (Wildman–Crippen LogP) is 7.61. The lowest BCUT2D eigenvalue weighted by atomic mass is 10.0. The fourth-order valence-electron chi connectivity index (χ4n) is 4.36. The van der Waals surface area contributed by atoms with Gasteiger partial charge in [-0.2, -0.15) is 0 Å². The standard InChI is InChI=1S/C35H42O5/c1-4-15-33(38-26-30-18-11-7-12-19-30)23-34(39-27-31-20-13-8-14-21-31)22-28(3)40-35(36)24-32(5-2)37-25-29-16-9-6-10-17-29/h4-14,16-21,28,32-34H,1-2,15,22-27H2,3H3/t28-,32-,33+,34-/m1/s1.